The Balaban J connectivity index is 1.90. The normalized spacial score (nSPS) is 10.5. The van der Waals surface area contributed by atoms with Gasteiger partial charge in [-0.1, -0.05) is 42.1 Å². The van der Waals surface area contributed by atoms with E-state index in [9.17, 15) is 4.79 Å². The number of nitrogens with zero attached hydrogens (tertiary/aromatic N) is 5. The fourth-order valence-corrected chi connectivity index (χ4v) is 2.73. The second-order valence-corrected chi connectivity index (χ2v) is 5.84. The molecule has 6 nitrogen and oxygen atoms in total. The van der Waals surface area contributed by atoms with Crippen molar-refractivity contribution in [2.75, 3.05) is 12.8 Å². The summed E-state index contributed by atoms with van der Waals surface area (Å²) in [5.74, 6) is 0.348. The molecular weight excluding hydrogens is 298 g/mol. The van der Waals surface area contributed by atoms with E-state index in [0.717, 1.165) is 5.56 Å². The fourth-order valence-electron chi connectivity index (χ4n) is 1.90. The van der Waals surface area contributed by atoms with E-state index in [1.165, 1.54) is 17.3 Å². The summed E-state index contributed by atoms with van der Waals surface area (Å²) in [4.78, 5) is 13.9. The van der Waals surface area contributed by atoms with E-state index in [4.69, 9.17) is 0 Å². The lowest BCUT2D eigenvalue weighted by atomic mass is 10.1. The molecule has 0 N–H and O–H groups in total. The average molecular weight is 317 g/mol. The van der Waals surface area contributed by atoms with Crippen LogP contribution < -0.4 is 0 Å². The molecule has 0 fully saturated rings. The lowest BCUT2D eigenvalue weighted by Gasteiger charge is -2.18. The van der Waals surface area contributed by atoms with Gasteiger partial charge in [-0.05, 0) is 28.5 Å². The second-order valence-electron chi connectivity index (χ2n) is 4.90. The molecule has 116 valence electrons. The molecule has 0 saturated heterocycles. The van der Waals surface area contributed by atoms with Crippen LogP contribution in [0.1, 0.15) is 11.1 Å². The van der Waals surface area contributed by atoms with Crippen LogP contribution in [0.25, 0.3) is 0 Å². The van der Waals surface area contributed by atoms with Crippen molar-refractivity contribution in [3.05, 3.63) is 48.0 Å². The molecule has 0 bridgehead atoms. The zero-order valence-electron chi connectivity index (χ0n) is 12.8. The number of hydrogen-bond acceptors (Lipinski definition) is 5. The summed E-state index contributed by atoms with van der Waals surface area (Å²) in [6.45, 7) is 6.83. The smallest absolute Gasteiger partial charge is 0.233 e. The monoisotopic (exact) mass is 317 g/mol. The summed E-state index contributed by atoms with van der Waals surface area (Å²) in [6, 6.07) is 8.07. The lowest BCUT2D eigenvalue weighted by Crippen LogP contribution is -2.28. The van der Waals surface area contributed by atoms with Crippen LogP contribution in [-0.2, 0) is 17.9 Å². The first-order chi connectivity index (χ1) is 10.6. The Labute approximate surface area is 134 Å². The summed E-state index contributed by atoms with van der Waals surface area (Å²) in [5, 5.41) is 12.0. The number of rotatable bonds is 7. The maximum Gasteiger partial charge on any atom is 0.233 e. The zero-order valence-corrected chi connectivity index (χ0v) is 13.6. The molecule has 0 aliphatic heterocycles. The number of amides is 1. The molecule has 2 aromatic rings. The molecule has 0 saturated carbocycles. The number of benzene rings is 1. The Morgan fingerprint density at radius 2 is 2.23 bits per heavy atom. The van der Waals surface area contributed by atoms with Crippen LogP contribution in [0.2, 0.25) is 0 Å². The van der Waals surface area contributed by atoms with E-state index < -0.39 is 0 Å². The molecule has 0 aliphatic rings. The zero-order chi connectivity index (χ0) is 15.9. The van der Waals surface area contributed by atoms with E-state index in [1.807, 2.05) is 38.2 Å². The van der Waals surface area contributed by atoms with Crippen LogP contribution in [0.15, 0.2) is 42.1 Å². The topological polar surface area (TPSA) is 63.9 Å². The average Bonchev–Trinajstić information content (AvgIpc) is 2.95. The maximum absolute atomic E-state index is 12.2. The van der Waals surface area contributed by atoms with Gasteiger partial charge in [0.05, 0.1) is 12.3 Å². The van der Waals surface area contributed by atoms with Crippen LogP contribution in [0.4, 0.5) is 0 Å². The number of aromatic nitrogens is 4. The van der Waals surface area contributed by atoms with E-state index in [1.54, 1.807) is 15.7 Å². The summed E-state index contributed by atoms with van der Waals surface area (Å²) in [7, 11) is 1.81. The SMILES string of the molecule is C=CCn1nnnc1SCC(=O)N(C)Cc1ccccc1C. The summed E-state index contributed by atoms with van der Waals surface area (Å²) < 4.78 is 1.62. The van der Waals surface area contributed by atoms with Gasteiger partial charge in [-0.3, -0.25) is 4.79 Å². The highest BCUT2D eigenvalue weighted by atomic mass is 32.2. The Kier molecular flexibility index (Phi) is 5.71. The molecule has 0 spiro atoms. The van der Waals surface area contributed by atoms with Crippen molar-refractivity contribution in [3.8, 4) is 0 Å². The van der Waals surface area contributed by atoms with Crippen LogP contribution in [0, 0.1) is 6.92 Å². The van der Waals surface area contributed by atoms with Gasteiger partial charge >= 0.3 is 0 Å². The second kappa shape index (κ2) is 7.74. The Morgan fingerprint density at radius 1 is 1.45 bits per heavy atom. The van der Waals surface area contributed by atoms with Crippen LogP contribution >= 0.6 is 11.8 Å². The Bertz CT molecular complexity index is 655. The van der Waals surface area contributed by atoms with Gasteiger partial charge in [0.15, 0.2) is 0 Å². The minimum atomic E-state index is 0.0430. The highest BCUT2D eigenvalue weighted by Gasteiger charge is 2.13. The van der Waals surface area contributed by atoms with E-state index in [0.29, 0.717) is 24.0 Å². The third-order valence-corrected chi connectivity index (χ3v) is 4.16. The molecule has 22 heavy (non-hydrogen) atoms. The van der Waals surface area contributed by atoms with Crippen molar-refractivity contribution in [2.24, 2.45) is 0 Å². The molecule has 1 aromatic carbocycles. The fraction of sp³-hybridized carbons (Fsp3) is 0.333. The molecule has 1 heterocycles. The van der Waals surface area contributed by atoms with Crippen LogP contribution in [-0.4, -0.2) is 43.8 Å². The van der Waals surface area contributed by atoms with Crippen LogP contribution in [0.5, 0.6) is 0 Å². The number of thioether (sulfide) groups is 1. The van der Waals surface area contributed by atoms with Gasteiger partial charge in [0.25, 0.3) is 0 Å². The predicted octanol–water partition coefficient (Wildman–Crippen LogP) is 1.92. The Hall–Kier alpha value is -2.15. The molecule has 0 unspecified atom stereocenters. The van der Waals surface area contributed by atoms with E-state index >= 15 is 0 Å². The van der Waals surface area contributed by atoms with Crippen molar-refractivity contribution in [1.82, 2.24) is 25.1 Å². The quantitative estimate of drug-likeness (QED) is 0.576. The van der Waals surface area contributed by atoms with E-state index in [-0.39, 0.29) is 5.91 Å². The van der Waals surface area contributed by atoms with Gasteiger partial charge in [0.1, 0.15) is 0 Å². The predicted molar refractivity (Wildman–Crippen MR) is 86.4 cm³/mol. The van der Waals surface area contributed by atoms with Gasteiger partial charge in [-0.15, -0.1) is 11.7 Å². The minimum Gasteiger partial charge on any atom is -0.341 e. The standard InChI is InChI=1S/C15H19N5OS/c1-4-9-20-15(16-17-18-20)22-11-14(21)19(3)10-13-8-6-5-7-12(13)2/h4-8H,1,9-11H2,2-3H3. The Morgan fingerprint density at radius 3 is 2.95 bits per heavy atom. The third kappa shape index (κ3) is 4.17. The largest absolute Gasteiger partial charge is 0.341 e. The summed E-state index contributed by atoms with van der Waals surface area (Å²) in [6.07, 6.45) is 1.71. The first-order valence-electron chi connectivity index (χ1n) is 6.90. The molecule has 1 aromatic heterocycles. The van der Waals surface area contributed by atoms with Gasteiger partial charge in [0, 0.05) is 13.6 Å². The van der Waals surface area contributed by atoms with Gasteiger partial charge in [-0.2, -0.15) is 0 Å². The maximum atomic E-state index is 12.2. The number of tetrazole rings is 1. The molecule has 7 heteroatoms. The molecule has 0 radical (unpaired) electrons. The number of aryl methyl sites for hydroxylation is 1. The number of allylic oxidation sites excluding steroid dienone is 1. The van der Waals surface area contributed by atoms with Gasteiger partial charge in [0.2, 0.25) is 11.1 Å². The molecule has 2 rings (SSSR count). The van der Waals surface area contributed by atoms with Gasteiger partial charge in [-0.25, -0.2) is 4.68 Å². The first kappa shape index (κ1) is 16.2. The molecule has 1 amide bonds. The molecule has 0 atom stereocenters. The van der Waals surface area contributed by atoms with E-state index in [2.05, 4.69) is 22.1 Å². The third-order valence-electron chi connectivity index (χ3n) is 3.22. The first-order valence-corrected chi connectivity index (χ1v) is 7.88. The molecule has 0 aliphatic carbocycles. The lowest BCUT2D eigenvalue weighted by molar-refractivity contribution is -0.127. The van der Waals surface area contributed by atoms with Crippen LogP contribution in [0.3, 0.4) is 0 Å². The minimum absolute atomic E-state index is 0.0430. The summed E-state index contributed by atoms with van der Waals surface area (Å²) >= 11 is 1.33. The number of carbonyl (C=O) groups is 1. The van der Waals surface area contributed by atoms with Crippen molar-refractivity contribution in [3.63, 3.8) is 0 Å². The summed E-state index contributed by atoms with van der Waals surface area (Å²) in [5.41, 5.74) is 2.34. The number of carbonyl (C=O) groups excluding carboxylic acids is 1. The highest BCUT2D eigenvalue weighted by Crippen LogP contribution is 2.15. The highest BCUT2D eigenvalue weighted by molar-refractivity contribution is 7.99. The number of hydrogen-bond donors (Lipinski definition) is 0. The van der Waals surface area contributed by atoms with Crippen molar-refractivity contribution in [1.29, 1.82) is 0 Å². The van der Waals surface area contributed by atoms with Crippen molar-refractivity contribution in [2.45, 2.75) is 25.2 Å². The van der Waals surface area contributed by atoms with Crippen molar-refractivity contribution >= 4 is 17.7 Å². The molecular formula is C15H19N5OS. The van der Waals surface area contributed by atoms with Gasteiger partial charge < -0.3 is 4.90 Å². The van der Waals surface area contributed by atoms with Crippen molar-refractivity contribution < 1.29 is 4.79 Å².